The molecule has 1 aromatic heterocycles. The van der Waals surface area contributed by atoms with Crippen LogP contribution < -0.4 is 0 Å². The fourth-order valence-corrected chi connectivity index (χ4v) is 7.30. The van der Waals surface area contributed by atoms with E-state index in [2.05, 4.69) is 10.2 Å². The second-order valence-electron chi connectivity index (χ2n) is 10.9. The molecule has 0 saturated heterocycles. The van der Waals surface area contributed by atoms with Gasteiger partial charge in [0.15, 0.2) is 0 Å². The molecule has 4 saturated carbocycles. The van der Waals surface area contributed by atoms with Crippen molar-refractivity contribution in [1.29, 1.82) is 0 Å². The summed E-state index contributed by atoms with van der Waals surface area (Å²) in [5.41, 5.74) is 3.92. The standard InChI is InChI=1S/C28H31N3O2/c1-18-5-3-4-6-24(18)26-30-29-25(33-26)22-7-9-23(10-8-22)27(32)31(2)17-28-14-19-11-20(15-28)13-21(12-19)16-28/h3-10,19-21H,11-17H2,1-2H3. The fraction of sp³-hybridized carbons (Fsp3) is 0.464. The van der Waals surface area contributed by atoms with Gasteiger partial charge in [-0.2, -0.15) is 0 Å². The maximum absolute atomic E-state index is 13.2. The van der Waals surface area contributed by atoms with Gasteiger partial charge in [0.1, 0.15) is 0 Å². The number of hydrogen-bond donors (Lipinski definition) is 0. The molecular weight excluding hydrogens is 410 g/mol. The predicted molar refractivity (Wildman–Crippen MR) is 127 cm³/mol. The van der Waals surface area contributed by atoms with Crippen molar-refractivity contribution >= 4 is 5.91 Å². The van der Waals surface area contributed by atoms with E-state index >= 15 is 0 Å². The molecule has 1 amide bonds. The van der Waals surface area contributed by atoms with Crippen LogP contribution in [0.1, 0.15) is 54.4 Å². The summed E-state index contributed by atoms with van der Waals surface area (Å²) in [7, 11) is 1.97. The van der Waals surface area contributed by atoms with Gasteiger partial charge in [-0.1, -0.05) is 18.2 Å². The lowest BCUT2D eigenvalue weighted by Gasteiger charge is -2.57. The van der Waals surface area contributed by atoms with E-state index in [9.17, 15) is 4.79 Å². The maximum Gasteiger partial charge on any atom is 0.253 e. The zero-order valence-corrected chi connectivity index (χ0v) is 19.5. The van der Waals surface area contributed by atoms with Gasteiger partial charge >= 0.3 is 0 Å². The summed E-state index contributed by atoms with van der Waals surface area (Å²) < 4.78 is 5.93. The van der Waals surface area contributed by atoms with Gasteiger partial charge in [0.25, 0.3) is 5.91 Å². The van der Waals surface area contributed by atoms with Crippen LogP contribution in [-0.2, 0) is 0 Å². The molecule has 3 aromatic rings. The average Bonchev–Trinajstić information content (AvgIpc) is 3.28. The van der Waals surface area contributed by atoms with E-state index in [1.807, 2.05) is 67.4 Å². The minimum absolute atomic E-state index is 0.100. The number of carbonyl (C=O) groups excluding carboxylic acids is 1. The molecule has 0 aliphatic heterocycles. The summed E-state index contributed by atoms with van der Waals surface area (Å²) in [5.74, 6) is 3.78. The highest BCUT2D eigenvalue weighted by Crippen LogP contribution is 2.60. The first-order valence-corrected chi connectivity index (χ1v) is 12.2. The molecule has 0 atom stereocenters. The molecule has 1 heterocycles. The minimum atomic E-state index is 0.100. The molecule has 5 nitrogen and oxygen atoms in total. The third-order valence-electron chi connectivity index (χ3n) is 8.26. The van der Waals surface area contributed by atoms with Gasteiger partial charge in [0, 0.05) is 30.3 Å². The topological polar surface area (TPSA) is 59.2 Å². The minimum Gasteiger partial charge on any atom is -0.416 e. The van der Waals surface area contributed by atoms with Crippen molar-refractivity contribution in [3.8, 4) is 22.9 Å². The lowest BCUT2D eigenvalue weighted by molar-refractivity contribution is -0.0629. The summed E-state index contributed by atoms with van der Waals surface area (Å²) in [5, 5.41) is 8.44. The van der Waals surface area contributed by atoms with Crippen LogP contribution in [0.3, 0.4) is 0 Å². The Hall–Kier alpha value is -2.95. The van der Waals surface area contributed by atoms with E-state index in [4.69, 9.17) is 4.42 Å². The highest BCUT2D eigenvalue weighted by Gasteiger charge is 2.51. The molecule has 5 heteroatoms. The normalized spacial score (nSPS) is 27.6. The van der Waals surface area contributed by atoms with Gasteiger partial charge in [-0.25, -0.2) is 0 Å². The van der Waals surface area contributed by atoms with Crippen LogP contribution in [0.5, 0.6) is 0 Å². The van der Waals surface area contributed by atoms with E-state index in [-0.39, 0.29) is 5.91 Å². The Labute approximate surface area is 195 Å². The molecule has 2 aromatic carbocycles. The Bertz CT molecular complexity index is 1140. The molecule has 0 spiro atoms. The van der Waals surface area contributed by atoms with Gasteiger partial charge in [-0.05, 0) is 105 Å². The highest BCUT2D eigenvalue weighted by atomic mass is 16.4. The van der Waals surface area contributed by atoms with E-state index in [1.165, 1.54) is 38.5 Å². The first-order valence-electron chi connectivity index (χ1n) is 12.2. The highest BCUT2D eigenvalue weighted by molar-refractivity contribution is 5.94. The fourth-order valence-electron chi connectivity index (χ4n) is 7.30. The van der Waals surface area contributed by atoms with Crippen LogP contribution in [0, 0.1) is 30.1 Å². The number of aromatic nitrogens is 2. The van der Waals surface area contributed by atoms with Crippen molar-refractivity contribution in [2.75, 3.05) is 13.6 Å². The zero-order chi connectivity index (χ0) is 22.6. The largest absolute Gasteiger partial charge is 0.416 e. The molecule has 0 radical (unpaired) electrons. The molecule has 4 aliphatic rings. The Morgan fingerprint density at radius 3 is 2.18 bits per heavy atom. The number of hydrogen-bond acceptors (Lipinski definition) is 4. The second-order valence-corrected chi connectivity index (χ2v) is 10.9. The zero-order valence-electron chi connectivity index (χ0n) is 19.5. The summed E-state index contributed by atoms with van der Waals surface area (Å²) in [6, 6.07) is 15.5. The first kappa shape index (κ1) is 20.6. The summed E-state index contributed by atoms with van der Waals surface area (Å²) in [4.78, 5) is 15.2. The van der Waals surface area contributed by atoms with Crippen LogP contribution in [-0.4, -0.2) is 34.6 Å². The Balaban J connectivity index is 1.16. The van der Waals surface area contributed by atoms with Crippen molar-refractivity contribution in [2.45, 2.75) is 45.4 Å². The first-order chi connectivity index (χ1) is 16.0. The van der Waals surface area contributed by atoms with Gasteiger partial charge in [-0.3, -0.25) is 4.79 Å². The van der Waals surface area contributed by atoms with Crippen LogP contribution in [0.4, 0.5) is 0 Å². The Kier molecular flexibility index (Phi) is 4.89. The lowest BCUT2D eigenvalue weighted by Crippen LogP contribution is -2.51. The van der Waals surface area contributed by atoms with Crippen molar-refractivity contribution in [2.24, 2.45) is 23.2 Å². The van der Waals surface area contributed by atoms with Crippen molar-refractivity contribution < 1.29 is 9.21 Å². The molecule has 4 bridgehead atoms. The molecular formula is C28H31N3O2. The number of carbonyl (C=O) groups is 1. The summed E-state index contributed by atoms with van der Waals surface area (Å²) >= 11 is 0. The van der Waals surface area contributed by atoms with E-state index in [0.29, 0.717) is 22.8 Å². The Morgan fingerprint density at radius 1 is 0.939 bits per heavy atom. The van der Waals surface area contributed by atoms with Gasteiger partial charge in [0.05, 0.1) is 0 Å². The van der Waals surface area contributed by atoms with Crippen LogP contribution >= 0.6 is 0 Å². The smallest absolute Gasteiger partial charge is 0.253 e. The molecule has 0 unspecified atom stereocenters. The Morgan fingerprint density at radius 2 is 1.55 bits per heavy atom. The molecule has 4 fully saturated rings. The van der Waals surface area contributed by atoms with Crippen molar-refractivity contribution in [1.82, 2.24) is 15.1 Å². The van der Waals surface area contributed by atoms with Crippen molar-refractivity contribution in [3.05, 3.63) is 59.7 Å². The molecule has 33 heavy (non-hydrogen) atoms. The molecule has 7 rings (SSSR count). The number of rotatable bonds is 5. The third kappa shape index (κ3) is 3.77. The SMILES string of the molecule is Cc1ccccc1-c1nnc(-c2ccc(C(=O)N(C)CC34CC5CC(CC(C5)C3)C4)cc2)o1. The third-order valence-corrected chi connectivity index (χ3v) is 8.26. The van der Waals surface area contributed by atoms with E-state index in [1.54, 1.807) is 0 Å². The van der Waals surface area contributed by atoms with Crippen LogP contribution in [0.25, 0.3) is 22.9 Å². The van der Waals surface area contributed by atoms with E-state index in [0.717, 1.165) is 41.0 Å². The molecule has 4 aliphatic carbocycles. The summed E-state index contributed by atoms with van der Waals surface area (Å²) in [6.07, 6.45) is 8.24. The number of nitrogens with zero attached hydrogens (tertiary/aromatic N) is 3. The van der Waals surface area contributed by atoms with Crippen molar-refractivity contribution in [3.63, 3.8) is 0 Å². The quantitative estimate of drug-likeness (QED) is 0.487. The van der Waals surface area contributed by atoms with Gasteiger partial charge in [0.2, 0.25) is 11.8 Å². The van der Waals surface area contributed by atoms with Gasteiger partial charge in [-0.15, -0.1) is 10.2 Å². The van der Waals surface area contributed by atoms with E-state index < -0.39 is 0 Å². The van der Waals surface area contributed by atoms with Crippen LogP contribution in [0.2, 0.25) is 0 Å². The monoisotopic (exact) mass is 441 g/mol. The number of benzene rings is 2. The lowest BCUT2D eigenvalue weighted by atomic mass is 9.49. The van der Waals surface area contributed by atoms with Gasteiger partial charge < -0.3 is 9.32 Å². The second kappa shape index (κ2) is 7.82. The summed E-state index contributed by atoms with van der Waals surface area (Å²) in [6.45, 7) is 2.92. The molecule has 0 N–H and O–H groups in total. The maximum atomic E-state index is 13.2. The number of aryl methyl sites for hydroxylation is 1. The molecule has 170 valence electrons. The predicted octanol–water partition coefficient (Wildman–Crippen LogP) is 6.00. The number of amides is 1. The van der Waals surface area contributed by atoms with Crippen LogP contribution in [0.15, 0.2) is 52.9 Å². The average molecular weight is 442 g/mol.